The zero-order chi connectivity index (χ0) is 25.6. The number of ether oxygens (including phenoxy) is 1. The van der Waals surface area contributed by atoms with Crippen LogP contribution < -0.4 is 4.74 Å². The number of halogens is 2. The van der Waals surface area contributed by atoms with E-state index in [2.05, 4.69) is 20.2 Å². The fraction of sp³-hybridized carbons (Fsp3) is 0.417. The molecule has 1 fully saturated rings. The molecule has 0 radical (unpaired) electrons. The standard InChI is InChI=1S/C24H25F2N5O4S/c1-13(2)22-29-24(35-30-22)14-4-6-15(7-5-14)34-21-8-9-27-23-17(12-28-31(21)23)16-10-19(26)20(11-18(16)25)36(3,32)33/h8-15H,4-7H2,1-3H3. The van der Waals surface area contributed by atoms with Gasteiger partial charge in [-0.3, -0.25) is 0 Å². The van der Waals surface area contributed by atoms with Gasteiger partial charge in [-0.1, -0.05) is 19.0 Å². The largest absolute Gasteiger partial charge is 0.474 e. The number of benzene rings is 1. The summed E-state index contributed by atoms with van der Waals surface area (Å²) >= 11 is 0. The summed E-state index contributed by atoms with van der Waals surface area (Å²) in [6.45, 7) is 4.04. The average Bonchev–Trinajstić information content (AvgIpc) is 3.49. The molecule has 0 unspecified atom stereocenters. The molecule has 3 heterocycles. The third-order valence-corrected chi connectivity index (χ3v) is 7.47. The third-order valence-electron chi connectivity index (χ3n) is 6.36. The maximum atomic E-state index is 14.8. The van der Waals surface area contributed by atoms with Gasteiger partial charge in [-0.15, -0.1) is 0 Å². The predicted molar refractivity (Wildman–Crippen MR) is 125 cm³/mol. The zero-order valence-corrected chi connectivity index (χ0v) is 20.8. The van der Waals surface area contributed by atoms with E-state index in [9.17, 15) is 17.2 Å². The number of fused-ring (bicyclic) bond motifs is 1. The highest BCUT2D eigenvalue weighted by atomic mass is 32.2. The lowest BCUT2D eigenvalue weighted by atomic mass is 9.87. The molecule has 1 aliphatic carbocycles. The lowest BCUT2D eigenvalue weighted by Crippen LogP contribution is -2.24. The van der Waals surface area contributed by atoms with Gasteiger partial charge < -0.3 is 9.26 Å². The quantitative estimate of drug-likeness (QED) is 0.362. The Kier molecular flexibility index (Phi) is 6.23. The summed E-state index contributed by atoms with van der Waals surface area (Å²) < 4.78 is 65.8. The zero-order valence-electron chi connectivity index (χ0n) is 20.0. The molecule has 0 saturated heterocycles. The first kappa shape index (κ1) is 24.3. The van der Waals surface area contributed by atoms with Crippen LogP contribution in [0.4, 0.5) is 8.78 Å². The molecule has 0 aliphatic heterocycles. The molecule has 9 nitrogen and oxygen atoms in total. The maximum absolute atomic E-state index is 14.8. The first-order valence-electron chi connectivity index (χ1n) is 11.6. The van der Waals surface area contributed by atoms with Crippen molar-refractivity contribution >= 4 is 15.5 Å². The van der Waals surface area contributed by atoms with Gasteiger partial charge in [0.05, 0.1) is 6.20 Å². The molecule has 0 bridgehead atoms. The molecule has 0 N–H and O–H groups in total. The first-order chi connectivity index (χ1) is 17.1. The minimum atomic E-state index is -3.92. The molecule has 0 amide bonds. The summed E-state index contributed by atoms with van der Waals surface area (Å²) in [7, 11) is -3.92. The number of nitrogens with zero attached hydrogens (tertiary/aromatic N) is 5. The van der Waals surface area contributed by atoms with Crippen LogP contribution in [0.3, 0.4) is 0 Å². The van der Waals surface area contributed by atoms with Gasteiger partial charge in [-0.2, -0.15) is 14.6 Å². The SMILES string of the molecule is CC(C)c1noc(C2CCC(Oc3ccnc4c(-c5cc(F)c(S(C)(=O)=O)cc5F)cnn34)CC2)n1. The molecule has 12 heteroatoms. The van der Waals surface area contributed by atoms with Crippen molar-refractivity contribution in [2.75, 3.05) is 6.26 Å². The molecule has 0 spiro atoms. The second-order valence-corrected chi connectivity index (χ2v) is 11.3. The molecule has 36 heavy (non-hydrogen) atoms. The summed E-state index contributed by atoms with van der Waals surface area (Å²) in [6, 6.07) is 3.18. The summed E-state index contributed by atoms with van der Waals surface area (Å²) in [5.74, 6) is 0.252. The topological polar surface area (TPSA) is 112 Å². The third kappa shape index (κ3) is 4.57. The smallest absolute Gasteiger partial charge is 0.229 e. The summed E-state index contributed by atoms with van der Waals surface area (Å²) in [4.78, 5) is 8.08. The van der Waals surface area contributed by atoms with Crippen LogP contribution >= 0.6 is 0 Å². The second-order valence-electron chi connectivity index (χ2n) is 9.35. The number of sulfone groups is 1. The Labute approximate surface area is 206 Å². The van der Waals surface area contributed by atoms with Gasteiger partial charge in [0, 0.05) is 41.5 Å². The van der Waals surface area contributed by atoms with Gasteiger partial charge in [-0.05, 0) is 37.8 Å². The lowest BCUT2D eigenvalue weighted by molar-refractivity contribution is 0.130. The van der Waals surface area contributed by atoms with E-state index < -0.39 is 26.4 Å². The molecule has 1 aromatic carbocycles. The molecule has 190 valence electrons. The number of hydrogen-bond acceptors (Lipinski definition) is 8. The average molecular weight is 518 g/mol. The van der Waals surface area contributed by atoms with E-state index in [1.807, 2.05) is 13.8 Å². The van der Waals surface area contributed by atoms with E-state index in [-0.39, 0.29) is 34.7 Å². The minimum absolute atomic E-state index is 0.0739. The molecule has 0 atom stereocenters. The van der Waals surface area contributed by atoms with Crippen LogP contribution in [-0.2, 0) is 9.84 Å². The Morgan fingerprint density at radius 1 is 1.11 bits per heavy atom. The van der Waals surface area contributed by atoms with Crippen LogP contribution in [0.15, 0.2) is 40.0 Å². The van der Waals surface area contributed by atoms with Crippen LogP contribution in [0.25, 0.3) is 16.8 Å². The monoisotopic (exact) mass is 517 g/mol. The second kappa shape index (κ2) is 9.23. The molecule has 4 aromatic rings. The Hall–Kier alpha value is -3.41. The van der Waals surface area contributed by atoms with Crippen LogP contribution in [0.1, 0.15) is 63.1 Å². The Morgan fingerprint density at radius 3 is 2.53 bits per heavy atom. The van der Waals surface area contributed by atoms with Gasteiger partial charge in [-0.25, -0.2) is 22.2 Å². The highest BCUT2D eigenvalue weighted by molar-refractivity contribution is 7.90. The van der Waals surface area contributed by atoms with Crippen molar-refractivity contribution < 1.29 is 26.5 Å². The van der Waals surface area contributed by atoms with Crippen molar-refractivity contribution in [1.29, 1.82) is 0 Å². The molecular weight excluding hydrogens is 492 g/mol. The van der Waals surface area contributed by atoms with Gasteiger partial charge in [0.15, 0.2) is 21.3 Å². The summed E-state index contributed by atoms with van der Waals surface area (Å²) in [6.07, 6.45) is 6.82. The van der Waals surface area contributed by atoms with Crippen LogP contribution in [0.5, 0.6) is 5.88 Å². The van der Waals surface area contributed by atoms with Crippen molar-refractivity contribution in [3.05, 3.63) is 53.9 Å². The highest BCUT2D eigenvalue weighted by Crippen LogP contribution is 2.35. The van der Waals surface area contributed by atoms with Gasteiger partial charge >= 0.3 is 0 Å². The Morgan fingerprint density at radius 2 is 1.86 bits per heavy atom. The molecule has 1 aliphatic rings. The number of hydrogen-bond donors (Lipinski definition) is 0. The van der Waals surface area contributed by atoms with Crippen molar-refractivity contribution in [3.63, 3.8) is 0 Å². The van der Waals surface area contributed by atoms with Crippen molar-refractivity contribution in [1.82, 2.24) is 24.7 Å². The fourth-order valence-corrected chi connectivity index (χ4v) is 5.14. The first-order valence-corrected chi connectivity index (χ1v) is 13.5. The predicted octanol–water partition coefficient (Wildman–Crippen LogP) is 4.69. The van der Waals surface area contributed by atoms with E-state index in [1.54, 1.807) is 6.07 Å². The lowest BCUT2D eigenvalue weighted by Gasteiger charge is -2.27. The minimum Gasteiger partial charge on any atom is -0.474 e. The van der Waals surface area contributed by atoms with Crippen molar-refractivity contribution in [2.24, 2.45) is 0 Å². The molecule has 1 saturated carbocycles. The van der Waals surface area contributed by atoms with E-state index in [0.29, 0.717) is 23.7 Å². The van der Waals surface area contributed by atoms with Crippen molar-refractivity contribution in [3.8, 4) is 17.0 Å². The van der Waals surface area contributed by atoms with Crippen LogP contribution in [-0.4, -0.2) is 45.5 Å². The van der Waals surface area contributed by atoms with Gasteiger partial charge in [0.25, 0.3) is 0 Å². The summed E-state index contributed by atoms with van der Waals surface area (Å²) in [5, 5.41) is 8.32. The van der Waals surface area contributed by atoms with Gasteiger partial charge in [0.1, 0.15) is 22.6 Å². The highest BCUT2D eigenvalue weighted by Gasteiger charge is 2.29. The Bertz CT molecular complexity index is 1520. The van der Waals surface area contributed by atoms with Crippen LogP contribution in [0.2, 0.25) is 0 Å². The van der Waals surface area contributed by atoms with E-state index in [0.717, 1.165) is 38.0 Å². The number of rotatable bonds is 6. The van der Waals surface area contributed by atoms with Gasteiger partial charge in [0.2, 0.25) is 11.8 Å². The van der Waals surface area contributed by atoms with Crippen LogP contribution in [0, 0.1) is 11.6 Å². The maximum Gasteiger partial charge on any atom is 0.229 e. The molecule has 5 rings (SSSR count). The normalized spacial score (nSPS) is 18.7. The fourth-order valence-electron chi connectivity index (χ4n) is 4.41. The summed E-state index contributed by atoms with van der Waals surface area (Å²) in [5.41, 5.74) is 0.344. The van der Waals surface area contributed by atoms with E-state index >= 15 is 0 Å². The molecular formula is C24H25F2N5O4S. The van der Waals surface area contributed by atoms with E-state index in [4.69, 9.17) is 9.26 Å². The van der Waals surface area contributed by atoms with Crippen molar-refractivity contribution in [2.45, 2.75) is 62.4 Å². The number of aromatic nitrogens is 5. The Balaban J connectivity index is 1.35. The molecule has 3 aromatic heterocycles. The van der Waals surface area contributed by atoms with E-state index in [1.165, 1.54) is 16.9 Å².